The quantitative estimate of drug-likeness (QED) is 0.221. The molecule has 2 amide bonds. The van der Waals surface area contributed by atoms with Crippen LogP contribution in [-0.2, 0) is 39.2 Å². The summed E-state index contributed by atoms with van der Waals surface area (Å²) in [6.45, 7) is 12.8. The van der Waals surface area contributed by atoms with Crippen molar-refractivity contribution in [1.29, 1.82) is 5.26 Å². The van der Waals surface area contributed by atoms with E-state index in [1.165, 1.54) is 0 Å². The van der Waals surface area contributed by atoms with Crippen molar-refractivity contribution < 1.29 is 29.0 Å². The summed E-state index contributed by atoms with van der Waals surface area (Å²) in [6.07, 6.45) is 8.63. The van der Waals surface area contributed by atoms with Gasteiger partial charge in [-0.2, -0.15) is 15.5 Å². The lowest BCUT2D eigenvalue weighted by Gasteiger charge is -2.39. The Labute approximate surface area is 323 Å². The summed E-state index contributed by atoms with van der Waals surface area (Å²) in [5, 5.41) is 28.5. The Morgan fingerprint density at radius 1 is 0.691 bits per heavy atom. The molecule has 55 heavy (non-hydrogen) atoms. The maximum absolute atomic E-state index is 12.3. The number of aliphatic carboxylic acids is 1. The number of nitrogens with zero attached hydrogens (tertiary/aromatic N) is 7. The Bertz CT molecular complexity index is 2030. The van der Waals surface area contributed by atoms with Crippen molar-refractivity contribution in [3.8, 4) is 28.3 Å². The minimum atomic E-state index is -1.02. The molecule has 0 bridgehead atoms. The molecule has 4 aromatic rings. The normalized spacial score (nSPS) is 16.6. The van der Waals surface area contributed by atoms with Gasteiger partial charge in [0.1, 0.15) is 11.2 Å². The second-order valence-corrected chi connectivity index (χ2v) is 16.5. The molecule has 2 aliphatic heterocycles. The third kappa shape index (κ3) is 9.73. The van der Waals surface area contributed by atoms with E-state index in [1.54, 1.807) is 25.4 Å². The van der Waals surface area contributed by atoms with E-state index < -0.39 is 34.1 Å². The topological polar surface area (TPSA) is 156 Å². The average molecular weight is 752 g/mol. The molecular formula is C42H53N7O6. The summed E-state index contributed by atoms with van der Waals surface area (Å²) in [7, 11) is 3.73. The van der Waals surface area contributed by atoms with Crippen LogP contribution in [0.3, 0.4) is 0 Å². The summed E-state index contributed by atoms with van der Waals surface area (Å²) in [6, 6.07) is 18.2. The molecule has 2 saturated heterocycles. The fraction of sp³-hybridized carbons (Fsp3) is 0.476. The fourth-order valence-electron chi connectivity index (χ4n) is 7.02. The van der Waals surface area contributed by atoms with Gasteiger partial charge in [-0.15, -0.1) is 0 Å². The third-order valence-electron chi connectivity index (χ3n) is 10.1. The maximum Gasteiger partial charge on any atom is 0.410 e. The molecule has 1 N–H and O–H groups in total. The second-order valence-electron chi connectivity index (χ2n) is 16.5. The number of hydrogen-bond acceptors (Lipinski definition) is 8. The monoisotopic (exact) mass is 751 g/mol. The van der Waals surface area contributed by atoms with Crippen molar-refractivity contribution in [2.75, 3.05) is 26.2 Å². The van der Waals surface area contributed by atoms with Crippen LogP contribution >= 0.6 is 0 Å². The Balaban J connectivity index is 0.000000211. The third-order valence-corrected chi connectivity index (χ3v) is 10.1. The molecule has 0 radical (unpaired) electrons. The lowest BCUT2D eigenvalue weighted by atomic mass is 9.72. The van der Waals surface area contributed by atoms with E-state index in [-0.39, 0.29) is 6.09 Å². The molecule has 0 saturated carbocycles. The number of aromatic nitrogens is 4. The molecule has 6 rings (SSSR count). The van der Waals surface area contributed by atoms with Crippen LogP contribution < -0.4 is 0 Å². The van der Waals surface area contributed by atoms with Gasteiger partial charge in [0.2, 0.25) is 0 Å². The van der Waals surface area contributed by atoms with Gasteiger partial charge in [-0.3, -0.25) is 14.2 Å². The number of ether oxygens (including phenoxy) is 2. The van der Waals surface area contributed by atoms with Crippen molar-refractivity contribution in [3.05, 3.63) is 84.4 Å². The number of carbonyl (C=O) groups excluding carboxylic acids is 2. The molecule has 292 valence electrons. The highest BCUT2D eigenvalue weighted by Gasteiger charge is 2.45. The summed E-state index contributed by atoms with van der Waals surface area (Å²) in [5.41, 5.74) is 3.00. The van der Waals surface area contributed by atoms with Crippen LogP contribution in [0.2, 0.25) is 0 Å². The Morgan fingerprint density at radius 2 is 1.11 bits per heavy atom. The van der Waals surface area contributed by atoms with Crippen LogP contribution in [0.15, 0.2) is 73.3 Å². The van der Waals surface area contributed by atoms with Crippen molar-refractivity contribution in [3.63, 3.8) is 0 Å². The van der Waals surface area contributed by atoms with Gasteiger partial charge in [-0.05, 0) is 102 Å². The molecular weight excluding hydrogens is 699 g/mol. The summed E-state index contributed by atoms with van der Waals surface area (Å²) >= 11 is 0. The minimum absolute atomic E-state index is 0.307. The number of amides is 2. The number of likely N-dealkylation sites (tertiary alicyclic amines) is 2. The van der Waals surface area contributed by atoms with Crippen LogP contribution in [0.25, 0.3) is 22.3 Å². The van der Waals surface area contributed by atoms with Gasteiger partial charge in [0.15, 0.2) is 0 Å². The van der Waals surface area contributed by atoms with Gasteiger partial charge in [-0.25, -0.2) is 9.59 Å². The van der Waals surface area contributed by atoms with E-state index in [0.717, 1.165) is 33.4 Å². The molecule has 0 unspecified atom stereocenters. The molecule has 13 nitrogen and oxygen atoms in total. The zero-order chi connectivity index (χ0) is 40.2. The van der Waals surface area contributed by atoms with Crippen molar-refractivity contribution >= 4 is 18.2 Å². The predicted molar refractivity (Wildman–Crippen MR) is 208 cm³/mol. The highest BCUT2D eigenvalue weighted by Crippen LogP contribution is 2.39. The Morgan fingerprint density at radius 3 is 1.49 bits per heavy atom. The summed E-state index contributed by atoms with van der Waals surface area (Å²) < 4.78 is 14.4. The SMILES string of the molecule is Cn1cc(-c2cccc(C3(C#N)CCN(C(=O)OC(C)(C)C)CC3)c2)cn1.Cn1cc(-c2cccc(C3(C(=O)O)CCN(C(=O)OC(C)(C)C)CC3)c2)cn1. The molecule has 2 aromatic heterocycles. The molecule has 2 aliphatic rings. The van der Waals surface area contributed by atoms with Gasteiger partial charge in [0.05, 0.1) is 29.3 Å². The number of benzene rings is 2. The number of carboxylic acids is 1. The van der Waals surface area contributed by atoms with Crippen LogP contribution in [0.1, 0.15) is 78.4 Å². The zero-order valence-corrected chi connectivity index (χ0v) is 33.2. The van der Waals surface area contributed by atoms with Crippen LogP contribution in [0, 0.1) is 11.3 Å². The first-order valence-electron chi connectivity index (χ1n) is 18.6. The van der Waals surface area contributed by atoms with Gasteiger partial charge in [0.25, 0.3) is 0 Å². The number of carbonyl (C=O) groups is 3. The zero-order valence-electron chi connectivity index (χ0n) is 33.2. The highest BCUT2D eigenvalue weighted by atomic mass is 16.6. The number of rotatable bonds is 5. The molecule has 0 spiro atoms. The first-order valence-corrected chi connectivity index (χ1v) is 18.6. The van der Waals surface area contributed by atoms with Gasteiger partial charge in [-0.1, -0.05) is 36.4 Å². The van der Waals surface area contributed by atoms with Crippen molar-refractivity contribution in [2.24, 2.45) is 14.1 Å². The largest absolute Gasteiger partial charge is 0.481 e. The average Bonchev–Trinajstić information content (AvgIpc) is 3.78. The second kappa shape index (κ2) is 16.0. The molecule has 13 heteroatoms. The first kappa shape index (κ1) is 40.5. The molecule has 0 atom stereocenters. The number of piperidine rings is 2. The van der Waals surface area contributed by atoms with Gasteiger partial charge >= 0.3 is 18.2 Å². The minimum Gasteiger partial charge on any atom is -0.481 e. The number of hydrogen-bond donors (Lipinski definition) is 1. The lowest BCUT2D eigenvalue weighted by Crippen LogP contribution is -2.50. The van der Waals surface area contributed by atoms with Gasteiger partial charge < -0.3 is 24.4 Å². The van der Waals surface area contributed by atoms with Crippen LogP contribution in [0.5, 0.6) is 0 Å². The lowest BCUT2D eigenvalue weighted by molar-refractivity contribution is -0.146. The smallest absolute Gasteiger partial charge is 0.410 e. The van der Waals surface area contributed by atoms with Crippen LogP contribution in [0.4, 0.5) is 9.59 Å². The first-order chi connectivity index (χ1) is 25.8. The standard InChI is InChI=1S/C21H26N4O2.C21H27N3O4/c1-20(2,3)27-19(26)25-10-8-21(15-22,9-11-25)18-7-5-6-16(12-18)17-13-23-24(4)14-17;1-20(2,3)28-19(27)24-10-8-21(9-11-24,18(25)26)17-7-5-6-15(12-17)16-13-22-23(4)14-16/h5-7,12-14H,8-11H2,1-4H3;5-7,12-14H,8-11H2,1-4H3,(H,25,26). The Kier molecular flexibility index (Phi) is 11.8. The van der Waals surface area contributed by atoms with E-state index >= 15 is 0 Å². The van der Waals surface area contributed by atoms with Gasteiger partial charge in [0, 0.05) is 63.8 Å². The number of nitriles is 1. The summed E-state index contributed by atoms with van der Waals surface area (Å²) in [5.74, 6) is -0.861. The summed E-state index contributed by atoms with van der Waals surface area (Å²) in [4.78, 5) is 40.2. The number of aryl methyl sites for hydroxylation is 2. The molecule has 2 aromatic carbocycles. The number of carboxylic acid groups (broad SMARTS) is 1. The molecule has 0 aliphatic carbocycles. The Hall–Kier alpha value is -5.64. The fourth-order valence-corrected chi connectivity index (χ4v) is 7.02. The van der Waals surface area contributed by atoms with E-state index in [9.17, 15) is 24.8 Å². The van der Waals surface area contributed by atoms with E-state index in [2.05, 4.69) is 22.3 Å². The van der Waals surface area contributed by atoms with Crippen LogP contribution in [-0.4, -0.2) is 90.0 Å². The van der Waals surface area contributed by atoms with E-state index in [0.29, 0.717) is 51.9 Å². The van der Waals surface area contributed by atoms with E-state index in [1.807, 2.05) is 117 Å². The van der Waals surface area contributed by atoms with Crippen molar-refractivity contribution in [1.82, 2.24) is 29.4 Å². The van der Waals surface area contributed by atoms with Crippen molar-refractivity contribution in [2.45, 2.75) is 89.3 Å². The predicted octanol–water partition coefficient (Wildman–Crippen LogP) is 7.32. The molecule has 4 heterocycles. The van der Waals surface area contributed by atoms with E-state index in [4.69, 9.17) is 9.47 Å². The maximum atomic E-state index is 12.3. The highest BCUT2D eigenvalue weighted by molar-refractivity contribution is 5.83. The molecule has 2 fully saturated rings.